The number of nitrogens with zero attached hydrogens (tertiary/aromatic N) is 1. The topological polar surface area (TPSA) is 74.8 Å². The number of carbonyl (C=O) groups is 1. The van der Waals surface area contributed by atoms with E-state index in [4.69, 9.17) is 4.74 Å². The Morgan fingerprint density at radius 2 is 2.04 bits per heavy atom. The van der Waals surface area contributed by atoms with E-state index >= 15 is 0 Å². The summed E-state index contributed by atoms with van der Waals surface area (Å²) < 4.78 is 5.38. The van der Waals surface area contributed by atoms with Crippen molar-refractivity contribution in [2.75, 3.05) is 33.0 Å². The van der Waals surface area contributed by atoms with Crippen LogP contribution >= 0.6 is 11.8 Å². The molecule has 3 N–H and O–H groups in total. The van der Waals surface area contributed by atoms with Crippen LogP contribution < -0.4 is 20.7 Å². The van der Waals surface area contributed by atoms with Crippen LogP contribution in [0.25, 0.3) is 0 Å². The fourth-order valence-electron chi connectivity index (χ4n) is 2.64. The molecule has 1 saturated heterocycles. The maximum atomic E-state index is 12.0. The van der Waals surface area contributed by atoms with Crippen LogP contribution in [0.5, 0.6) is 5.75 Å². The van der Waals surface area contributed by atoms with Gasteiger partial charge in [-0.3, -0.25) is 9.79 Å². The Morgan fingerprint density at radius 1 is 1.28 bits per heavy atom. The fourth-order valence-corrected chi connectivity index (χ4v) is 3.88. The van der Waals surface area contributed by atoms with Gasteiger partial charge in [-0.2, -0.15) is 11.8 Å². The average molecular weight is 365 g/mol. The third-order valence-corrected chi connectivity index (χ3v) is 5.76. The van der Waals surface area contributed by atoms with Crippen molar-refractivity contribution < 1.29 is 9.53 Å². The van der Waals surface area contributed by atoms with Gasteiger partial charge in [-0.15, -0.1) is 0 Å². The molecule has 1 aromatic carbocycles. The molecule has 1 heterocycles. The molecule has 25 heavy (non-hydrogen) atoms. The van der Waals surface area contributed by atoms with Gasteiger partial charge in [-0.05, 0) is 43.2 Å². The maximum Gasteiger partial charge on any atom is 0.239 e. The summed E-state index contributed by atoms with van der Waals surface area (Å²) in [5.74, 6) is 2.62. The monoisotopic (exact) mass is 364 g/mol. The van der Waals surface area contributed by atoms with Crippen molar-refractivity contribution in [3.63, 3.8) is 0 Å². The summed E-state index contributed by atoms with van der Waals surface area (Å²) in [5, 5.41) is 9.27. The number of nitrogens with one attached hydrogen (secondary N) is 3. The number of hydrogen-bond acceptors (Lipinski definition) is 4. The Morgan fingerprint density at radius 3 is 2.64 bits per heavy atom. The molecule has 0 saturated carbocycles. The SMILES string of the molecule is CN=C(NCC(=O)NCc1ccc(OC)cc1)NCC1(C)CCCS1. The Hall–Kier alpha value is -1.89. The van der Waals surface area contributed by atoms with Crippen LogP contribution in [0, 0.1) is 0 Å². The van der Waals surface area contributed by atoms with Gasteiger partial charge in [0.15, 0.2) is 5.96 Å². The average Bonchev–Trinajstić information content (AvgIpc) is 3.07. The highest BCUT2D eigenvalue weighted by atomic mass is 32.2. The molecule has 1 atom stereocenters. The summed E-state index contributed by atoms with van der Waals surface area (Å²) in [6.45, 7) is 3.81. The summed E-state index contributed by atoms with van der Waals surface area (Å²) in [5.41, 5.74) is 1.03. The van der Waals surface area contributed by atoms with E-state index in [0.29, 0.717) is 12.5 Å². The number of benzene rings is 1. The van der Waals surface area contributed by atoms with Crippen molar-refractivity contribution in [2.45, 2.75) is 31.1 Å². The van der Waals surface area contributed by atoms with Gasteiger partial charge in [-0.1, -0.05) is 12.1 Å². The molecule has 0 aromatic heterocycles. The lowest BCUT2D eigenvalue weighted by molar-refractivity contribution is -0.120. The first kappa shape index (κ1) is 19.4. The second-order valence-corrected chi connectivity index (χ2v) is 7.99. The summed E-state index contributed by atoms with van der Waals surface area (Å²) in [4.78, 5) is 16.2. The molecular weight excluding hydrogens is 336 g/mol. The molecule has 0 radical (unpaired) electrons. The fraction of sp³-hybridized carbons (Fsp3) is 0.556. The van der Waals surface area contributed by atoms with Crippen LogP contribution in [0.15, 0.2) is 29.3 Å². The lowest BCUT2D eigenvalue weighted by atomic mass is 10.1. The molecule has 2 rings (SSSR count). The van der Waals surface area contributed by atoms with E-state index in [1.54, 1.807) is 14.2 Å². The number of amides is 1. The van der Waals surface area contributed by atoms with E-state index < -0.39 is 0 Å². The standard InChI is InChI=1S/C18H28N4O2S/c1-18(9-4-10-25-18)13-22-17(19-2)21-12-16(23)20-11-14-5-7-15(24-3)8-6-14/h5-8H,4,9-13H2,1-3H3,(H,20,23)(H2,19,21,22). The van der Waals surface area contributed by atoms with Crippen molar-refractivity contribution in [2.24, 2.45) is 4.99 Å². The molecule has 6 nitrogen and oxygen atoms in total. The number of ether oxygens (including phenoxy) is 1. The largest absolute Gasteiger partial charge is 0.497 e. The van der Waals surface area contributed by atoms with Crippen molar-refractivity contribution in [1.82, 2.24) is 16.0 Å². The Kier molecular flexibility index (Phi) is 7.43. The number of guanidine groups is 1. The van der Waals surface area contributed by atoms with Crippen LogP contribution in [-0.2, 0) is 11.3 Å². The summed E-state index contributed by atoms with van der Waals surface area (Å²) >= 11 is 2.00. The van der Waals surface area contributed by atoms with Crippen LogP contribution in [-0.4, -0.2) is 49.6 Å². The third kappa shape index (κ3) is 6.49. The van der Waals surface area contributed by atoms with Crippen molar-refractivity contribution >= 4 is 23.6 Å². The molecule has 138 valence electrons. The second kappa shape index (κ2) is 9.56. The Balaban J connectivity index is 1.68. The van der Waals surface area contributed by atoms with E-state index in [2.05, 4.69) is 27.9 Å². The smallest absolute Gasteiger partial charge is 0.239 e. The van der Waals surface area contributed by atoms with Gasteiger partial charge in [0, 0.05) is 24.9 Å². The highest BCUT2D eigenvalue weighted by molar-refractivity contribution is 8.00. The molecule has 0 bridgehead atoms. The van der Waals surface area contributed by atoms with Gasteiger partial charge in [0.2, 0.25) is 5.91 Å². The summed E-state index contributed by atoms with van der Waals surface area (Å²) in [6, 6.07) is 7.64. The second-order valence-electron chi connectivity index (χ2n) is 6.31. The van der Waals surface area contributed by atoms with Crippen molar-refractivity contribution in [1.29, 1.82) is 0 Å². The first-order chi connectivity index (χ1) is 12.0. The van der Waals surface area contributed by atoms with Gasteiger partial charge >= 0.3 is 0 Å². The molecular formula is C18H28N4O2S. The van der Waals surface area contributed by atoms with Crippen LogP contribution in [0.4, 0.5) is 0 Å². The van der Waals surface area contributed by atoms with Gasteiger partial charge in [-0.25, -0.2) is 0 Å². The predicted molar refractivity (Wildman–Crippen MR) is 104 cm³/mol. The van der Waals surface area contributed by atoms with E-state index in [1.165, 1.54) is 18.6 Å². The molecule has 0 spiro atoms. The zero-order chi connectivity index (χ0) is 18.1. The highest BCUT2D eigenvalue weighted by Crippen LogP contribution is 2.36. The molecule has 1 unspecified atom stereocenters. The quantitative estimate of drug-likeness (QED) is 0.508. The van der Waals surface area contributed by atoms with Gasteiger partial charge in [0.25, 0.3) is 0 Å². The number of hydrogen-bond donors (Lipinski definition) is 3. The summed E-state index contributed by atoms with van der Waals surface area (Å²) in [7, 11) is 3.35. The zero-order valence-corrected chi connectivity index (χ0v) is 16.0. The molecule has 7 heteroatoms. The predicted octanol–water partition coefficient (Wildman–Crippen LogP) is 1.76. The van der Waals surface area contributed by atoms with Crippen molar-refractivity contribution in [3.8, 4) is 5.75 Å². The van der Waals surface area contributed by atoms with E-state index in [1.807, 2.05) is 36.0 Å². The van der Waals surface area contributed by atoms with E-state index in [9.17, 15) is 4.79 Å². The minimum absolute atomic E-state index is 0.0692. The number of aliphatic imine (C=N–C) groups is 1. The molecule has 1 aliphatic heterocycles. The summed E-state index contributed by atoms with van der Waals surface area (Å²) in [6.07, 6.45) is 2.48. The molecule has 1 amide bonds. The Labute approximate surface area is 154 Å². The lowest BCUT2D eigenvalue weighted by Crippen LogP contribution is -2.46. The van der Waals surface area contributed by atoms with Crippen LogP contribution in [0.2, 0.25) is 0 Å². The third-order valence-electron chi connectivity index (χ3n) is 4.22. The maximum absolute atomic E-state index is 12.0. The first-order valence-corrected chi connectivity index (χ1v) is 9.51. The van der Waals surface area contributed by atoms with Crippen molar-refractivity contribution in [3.05, 3.63) is 29.8 Å². The zero-order valence-electron chi connectivity index (χ0n) is 15.2. The lowest BCUT2D eigenvalue weighted by Gasteiger charge is -2.24. The minimum atomic E-state index is -0.0692. The Bertz CT molecular complexity index is 583. The number of methoxy groups -OCH3 is 1. The van der Waals surface area contributed by atoms with E-state index in [0.717, 1.165) is 17.9 Å². The molecule has 1 aliphatic rings. The van der Waals surface area contributed by atoms with Crippen LogP contribution in [0.1, 0.15) is 25.3 Å². The number of rotatable bonds is 7. The number of carbonyl (C=O) groups excluding carboxylic acids is 1. The van der Waals surface area contributed by atoms with Crippen LogP contribution in [0.3, 0.4) is 0 Å². The van der Waals surface area contributed by atoms with E-state index in [-0.39, 0.29) is 17.2 Å². The molecule has 1 fully saturated rings. The number of thioether (sulfide) groups is 1. The van der Waals surface area contributed by atoms with Gasteiger partial charge in [0.05, 0.1) is 13.7 Å². The minimum Gasteiger partial charge on any atom is -0.497 e. The van der Waals surface area contributed by atoms with Gasteiger partial charge in [0.1, 0.15) is 5.75 Å². The molecule has 0 aliphatic carbocycles. The highest BCUT2D eigenvalue weighted by Gasteiger charge is 2.29. The van der Waals surface area contributed by atoms with Gasteiger partial charge < -0.3 is 20.7 Å². The first-order valence-electron chi connectivity index (χ1n) is 8.53. The normalized spacial score (nSPS) is 20.2. The molecule has 1 aromatic rings.